The molecule has 1 saturated carbocycles. The minimum atomic E-state index is -3.06. The van der Waals surface area contributed by atoms with E-state index >= 15 is 0 Å². The molecule has 0 saturated heterocycles. The van der Waals surface area contributed by atoms with E-state index in [2.05, 4.69) is 15.6 Å². The van der Waals surface area contributed by atoms with E-state index in [4.69, 9.17) is 5.11 Å². The Hall–Kier alpha value is -2.06. The van der Waals surface area contributed by atoms with Gasteiger partial charge in [0.2, 0.25) is 5.91 Å². The van der Waals surface area contributed by atoms with Gasteiger partial charge in [-0.3, -0.25) is 4.79 Å². The Labute approximate surface area is 113 Å². The number of amides is 1. The maximum absolute atomic E-state index is 12.8. The zero-order chi connectivity index (χ0) is 14.7. The summed E-state index contributed by atoms with van der Waals surface area (Å²) in [6, 6.07) is 0.0555. The molecule has 1 aliphatic carbocycles. The van der Waals surface area contributed by atoms with Gasteiger partial charge in [-0.1, -0.05) is 18.1 Å². The van der Waals surface area contributed by atoms with Gasteiger partial charge in [-0.2, -0.15) is 0 Å². The molecule has 1 amide bonds. The minimum Gasteiger partial charge on any atom is -0.476 e. The number of aromatic carboxylic acids is 1. The molecule has 0 atom stereocenters. The Morgan fingerprint density at radius 3 is 2.60 bits per heavy atom. The molecule has 0 spiro atoms. The van der Waals surface area contributed by atoms with E-state index in [1.54, 1.807) is 0 Å². The summed E-state index contributed by atoms with van der Waals surface area (Å²) >= 11 is 0. The number of hydrogen-bond donors (Lipinski definition) is 2. The molecule has 2 N–H and O–H groups in total. The third-order valence-corrected chi connectivity index (χ3v) is 3.20. The van der Waals surface area contributed by atoms with Crippen LogP contribution in [0.4, 0.5) is 8.78 Å². The van der Waals surface area contributed by atoms with Crippen LogP contribution in [0.25, 0.3) is 0 Å². The van der Waals surface area contributed by atoms with Crippen molar-refractivity contribution in [2.24, 2.45) is 0 Å². The summed E-state index contributed by atoms with van der Waals surface area (Å²) < 4.78 is 26.3. The van der Waals surface area contributed by atoms with Crippen molar-refractivity contribution < 1.29 is 23.5 Å². The molecular weight excluding hydrogens is 274 g/mol. The molecule has 1 fully saturated rings. The van der Waals surface area contributed by atoms with Crippen LogP contribution in [0.3, 0.4) is 0 Å². The molecular formula is C11H14F2N4O3. The number of aromatic nitrogens is 3. The lowest BCUT2D eigenvalue weighted by Crippen LogP contribution is -2.35. The number of nitrogens with one attached hydrogen (secondary N) is 1. The van der Waals surface area contributed by atoms with Crippen molar-refractivity contribution in [3.8, 4) is 0 Å². The van der Waals surface area contributed by atoms with Crippen LogP contribution in [-0.4, -0.2) is 38.0 Å². The van der Waals surface area contributed by atoms with Gasteiger partial charge in [0, 0.05) is 6.04 Å². The third kappa shape index (κ3) is 3.09. The number of carboxylic acids is 1. The number of carbonyl (C=O) groups is 2. The van der Waals surface area contributed by atoms with Crippen LogP contribution in [0.15, 0.2) is 0 Å². The Morgan fingerprint density at radius 1 is 1.40 bits per heavy atom. The van der Waals surface area contributed by atoms with E-state index in [1.165, 1.54) is 0 Å². The first-order valence-electron chi connectivity index (χ1n) is 6.23. The summed E-state index contributed by atoms with van der Waals surface area (Å²) in [6.45, 7) is -0.462. The molecule has 110 valence electrons. The van der Waals surface area contributed by atoms with Gasteiger partial charge in [0.1, 0.15) is 12.2 Å². The van der Waals surface area contributed by atoms with E-state index in [0.717, 1.165) is 25.7 Å². The van der Waals surface area contributed by atoms with Crippen molar-refractivity contribution in [2.75, 3.05) is 0 Å². The van der Waals surface area contributed by atoms with Crippen molar-refractivity contribution in [1.82, 2.24) is 20.3 Å². The smallest absolute Gasteiger partial charge is 0.358 e. The zero-order valence-electron chi connectivity index (χ0n) is 10.6. The van der Waals surface area contributed by atoms with Crippen molar-refractivity contribution in [1.29, 1.82) is 0 Å². The van der Waals surface area contributed by atoms with Crippen LogP contribution < -0.4 is 5.32 Å². The first-order valence-corrected chi connectivity index (χ1v) is 6.23. The molecule has 1 aliphatic rings. The maximum atomic E-state index is 12.8. The summed E-state index contributed by atoms with van der Waals surface area (Å²) in [7, 11) is 0. The largest absolute Gasteiger partial charge is 0.476 e. The van der Waals surface area contributed by atoms with Gasteiger partial charge in [0.25, 0.3) is 6.43 Å². The van der Waals surface area contributed by atoms with Crippen molar-refractivity contribution in [3.05, 3.63) is 11.4 Å². The van der Waals surface area contributed by atoms with Crippen molar-refractivity contribution in [3.63, 3.8) is 0 Å². The van der Waals surface area contributed by atoms with Crippen LogP contribution in [0.2, 0.25) is 0 Å². The standard InChI is InChI=1S/C11H14F2N4O3/c12-10(13)9-8(11(19)20)15-16-17(9)5-7(18)14-6-3-1-2-4-6/h6,10H,1-5H2,(H,14,18)(H,19,20). The highest BCUT2D eigenvalue weighted by atomic mass is 19.3. The fourth-order valence-electron chi connectivity index (χ4n) is 2.28. The first-order chi connectivity index (χ1) is 9.49. The Kier molecular flexibility index (Phi) is 4.26. The van der Waals surface area contributed by atoms with Gasteiger partial charge >= 0.3 is 5.97 Å². The van der Waals surface area contributed by atoms with E-state index in [9.17, 15) is 18.4 Å². The average molecular weight is 288 g/mol. The van der Waals surface area contributed by atoms with Gasteiger partial charge < -0.3 is 10.4 Å². The minimum absolute atomic E-state index is 0.0555. The normalized spacial score (nSPS) is 15.8. The molecule has 1 aromatic heterocycles. The summed E-state index contributed by atoms with van der Waals surface area (Å²) in [5.41, 5.74) is -1.67. The second kappa shape index (κ2) is 5.93. The van der Waals surface area contributed by atoms with Crippen LogP contribution >= 0.6 is 0 Å². The lowest BCUT2D eigenvalue weighted by Gasteiger charge is -2.12. The van der Waals surface area contributed by atoms with Gasteiger partial charge in [0.15, 0.2) is 5.69 Å². The summed E-state index contributed by atoms with van der Waals surface area (Å²) in [5.74, 6) is -2.07. The Morgan fingerprint density at radius 2 is 2.05 bits per heavy atom. The maximum Gasteiger partial charge on any atom is 0.358 e. The molecule has 0 radical (unpaired) electrons. The molecule has 1 heterocycles. The predicted molar refractivity (Wildman–Crippen MR) is 62.3 cm³/mol. The van der Waals surface area contributed by atoms with E-state index in [1.807, 2.05) is 0 Å². The van der Waals surface area contributed by atoms with E-state index in [-0.39, 0.29) is 6.04 Å². The van der Waals surface area contributed by atoms with Gasteiger partial charge in [0.05, 0.1) is 0 Å². The molecule has 0 unspecified atom stereocenters. The lowest BCUT2D eigenvalue weighted by molar-refractivity contribution is -0.122. The molecule has 0 aliphatic heterocycles. The Balaban J connectivity index is 2.08. The monoisotopic (exact) mass is 288 g/mol. The molecule has 0 aromatic carbocycles. The molecule has 0 bridgehead atoms. The highest BCUT2D eigenvalue weighted by Crippen LogP contribution is 2.21. The fraction of sp³-hybridized carbons (Fsp3) is 0.636. The average Bonchev–Trinajstić information content (AvgIpc) is 2.97. The molecule has 7 nitrogen and oxygen atoms in total. The zero-order valence-corrected chi connectivity index (χ0v) is 10.6. The van der Waals surface area contributed by atoms with Gasteiger partial charge in [-0.25, -0.2) is 18.3 Å². The first kappa shape index (κ1) is 14.4. The number of alkyl halides is 2. The van der Waals surface area contributed by atoms with Crippen LogP contribution in [0, 0.1) is 0 Å². The fourth-order valence-corrected chi connectivity index (χ4v) is 2.28. The second-order valence-electron chi connectivity index (χ2n) is 4.64. The quantitative estimate of drug-likeness (QED) is 0.841. The number of nitrogens with zero attached hydrogens (tertiary/aromatic N) is 3. The van der Waals surface area contributed by atoms with Crippen LogP contribution in [0.1, 0.15) is 48.3 Å². The van der Waals surface area contributed by atoms with Crippen molar-refractivity contribution >= 4 is 11.9 Å². The van der Waals surface area contributed by atoms with E-state index < -0.39 is 36.2 Å². The highest BCUT2D eigenvalue weighted by molar-refractivity contribution is 5.86. The van der Waals surface area contributed by atoms with Gasteiger partial charge in [-0.15, -0.1) is 5.10 Å². The molecule has 1 aromatic rings. The number of hydrogen-bond acceptors (Lipinski definition) is 4. The summed E-state index contributed by atoms with van der Waals surface area (Å²) in [5, 5.41) is 17.9. The second-order valence-corrected chi connectivity index (χ2v) is 4.64. The Bertz CT molecular complexity index is 512. The third-order valence-electron chi connectivity index (χ3n) is 3.20. The van der Waals surface area contributed by atoms with E-state index in [0.29, 0.717) is 4.68 Å². The number of carbonyl (C=O) groups excluding carboxylic acids is 1. The lowest BCUT2D eigenvalue weighted by atomic mass is 10.2. The SMILES string of the molecule is O=C(Cn1nnc(C(=O)O)c1C(F)F)NC1CCCC1. The number of halogens is 2. The van der Waals surface area contributed by atoms with Crippen LogP contribution in [0.5, 0.6) is 0 Å². The number of carboxylic acid groups (broad SMARTS) is 1. The number of rotatable bonds is 5. The predicted octanol–water partition coefficient (Wildman–Crippen LogP) is 0.973. The summed E-state index contributed by atoms with van der Waals surface area (Å²) in [4.78, 5) is 22.5. The van der Waals surface area contributed by atoms with Gasteiger partial charge in [-0.05, 0) is 12.8 Å². The highest BCUT2D eigenvalue weighted by Gasteiger charge is 2.27. The molecule has 20 heavy (non-hydrogen) atoms. The summed E-state index contributed by atoms with van der Waals surface area (Å²) in [6.07, 6.45) is 0.728. The molecule has 9 heteroatoms. The van der Waals surface area contributed by atoms with Crippen LogP contribution in [-0.2, 0) is 11.3 Å². The molecule has 2 rings (SSSR count). The topological polar surface area (TPSA) is 97.1 Å². The van der Waals surface area contributed by atoms with Crippen molar-refractivity contribution in [2.45, 2.75) is 44.7 Å².